The molecule has 2 N–H and O–H groups in total. The number of aromatic nitrogens is 3. The predicted molar refractivity (Wildman–Crippen MR) is 118 cm³/mol. The topological polar surface area (TPSA) is 112 Å². The minimum absolute atomic E-state index is 0.0557. The van der Waals surface area contributed by atoms with Crippen LogP contribution >= 0.6 is 0 Å². The van der Waals surface area contributed by atoms with Crippen molar-refractivity contribution < 1.29 is 9.59 Å². The van der Waals surface area contributed by atoms with Crippen molar-refractivity contribution >= 4 is 23.1 Å². The van der Waals surface area contributed by atoms with Gasteiger partial charge in [0.2, 0.25) is 5.91 Å². The summed E-state index contributed by atoms with van der Waals surface area (Å²) >= 11 is 0. The second-order valence-corrected chi connectivity index (χ2v) is 7.87. The second kappa shape index (κ2) is 8.96. The summed E-state index contributed by atoms with van der Waals surface area (Å²) in [5.41, 5.74) is 5.58. The number of aryl methyl sites for hydroxylation is 3. The van der Waals surface area contributed by atoms with Crippen molar-refractivity contribution in [1.82, 2.24) is 19.9 Å². The van der Waals surface area contributed by atoms with Gasteiger partial charge in [0.25, 0.3) is 5.91 Å². The number of nitrogens with zero attached hydrogens (tertiary/aromatic N) is 4. The van der Waals surface area contributed by atoms with Crippen molar-refractivity contribution in [2.45, 2.75) is 53.5 Å². The predicted octanol–water partition coefficient (Wildman–Crippen LogP) is 3.24. The molecule has 8 heteroatoms. The van der Waals surface area contributed by atoms with Crippen LogP contribution in [0, 0.1) is 32.1 Å². The van der Waals surface area contributed by atoms with E-state index in [1.54, 1.807) is 22.7 Å². The average Bonchev–Trinajstić information content (AvgIpc) is 3.10. The Morgan fingerprint density at radius 3 is 2.61 bits per heavy atom. The molecule has 0 aliphatic rings. The lowest BCUT2D eigenvalue weighted by Crippen LogP contribution is -2.30. The van der Waals surface area contributed by atoms with E-state index in [1.165, 1.54) is 6.20 Å². The van der Waals surface area contributed by atoms with E-state index in [0.29, 0.717) is 28.9 Å². The molecule has 0 aliphatic carbocycles. The van der Waals surface area contributed by atoms with Crippen molar-refractivity contribution in [2.24, 2.45) is 0 Å². The molecule has 0 aliphatic heterocycles. The monoisotopic (exact) mass is 418 g/mol. The highest BCUT2D eigenvalue weighted by Crippen LogP contribution is 2.19. The van der Waals surface area contributed by atoms with Gasteiger partial charge in [-0.05, 0) is 70.4 Å². The first-order chi connectivity index (χ1) is 14.7. The average molecular weight is 419 g/mol. The van der Waals surface area contributed by atoms with Crippen LogP contribution in [-0.2, 0) is 11.2 Å². The molecule has 31 heavy (non-hydrogen) atoms. The Balaban J connectivity index is 1.69. The molecule has 0 saturated carbocycles. The number of fused-ring (bicyclic) bond motifs is 1. The van der Waals surface area contributed by atoms with Gasteiger partial charge in [-0.25, -0.2) is 9.50 Å². The van der Waals surface area contributed by atoms with E-state index in [-0.39, 0.29) is 24.3 Å². The number of nitriles is 1. The van der Waals surface area contributed by atoms with Gasteiger partial charge in [0.15, 0.2) is 5.65 Å². The van der Waals surface area contributed by atoms with E-state index in [9.17, 15) is 14.9 Å². The van der Waals surface area contributed by atoms with Crippen LogP contribution < -0.4 is 10.6 Å². The highest BCUT2D eigenvalue weighted by Gasteiger charge is 2.15. The molecule has 0 spiro atoms. The summed E-state index contributed by atoms with van der Waals surface area (Å²) in [7, 11) is 0. The fourth-order valence-corrected chi connectivity index (χ4v) is 3.55. The minimum Gasteiger partial charge on any atom is -0.350 e. The normalized spacial score (nSPS) is 10.9. The van der Waals surface area contributed by atoms with Gasteiger partial charge in [0, 0.05) is 35.1 Å². The van der Waals surface area contributed by atoms with Gasteiger partial charge < -0.3 is 10.6 Å². The molecule has 2 aromatic heterocycles. The number of hydrogen-bond donors (Lipinski definition) is 2. The van der Waals surface area contributed by atoms with Gasteiger partial charge in [-0.2, -0.15) is 10.4 Å². The van der Waals surface area contributed by atoms with Gasteiger partial charge in [-0.3, -0.25) is 9.59 Å². The van der Waals surface area contributed by atoms with Crippen LogP contribution in [0.3, 0.4) is 0 Å². The van der Waals surface area contributed by atoms with Gasteiger partial charge in [-0.15, -0.1) is 0 Å². The molecule has 1 aromatic carbocycles. The zero-order valence-corrected chi connectivity index (χ0v) is 18.4. The van der Waals surface area contributed by atoms with Crippen molar-refractivity contribution in [3.8, 4) is 6.07 Å². The van der Waals surface area contributed by atoms with E-state index in [2.05, 4.69) is 26.8 Å². The van der Waals surface area contributed by atoms with Crippen LogP contribution in [-0.4, -0.2) is 32.5 Å². The lowest BCUT2D eigenvalue weighted by Gasteiger charge is -2.13. The van der Waals surface area contributed by atoms with Crippen molar-refractivity contribution in [2.75, 3.05) is 5.32 Å². The Hall–Kier alpha value is -3.73. The van der Waals surface area contributed by atoms with Crippen LogP contribution in [0.5, 0.6) is 0 Å². The SMILES string of the molecule is Cc1cc(NC(=O)CCc2c(C)nc3c(C#N)cnn3c2C)ccc1C(=O)NC(C)C. The molecule has 3 rings (SSSR count). The zero-order valence-electron chi connectivity index (χ0n) is 18.4. The molecule has 0 radical (unpaired) electrons. The molecule has 0 fully saturated rings. The Morgan fingerprint density at radius 1 is 1.23 bits per heavy atom. The summed E-state index contributed by atoms with van der Waals surface area (Å²) in [6, 6.07) is 7.40. The lowest BCUT2D eigenvalue weighted by molar-refractivity contribution is -0.116. The summed E-state index contributed by atoms with van der Waals surface area (Å²) in [6.45, 7) is 9.45. The first-order valence-corrected chi connectivity index (χ1v) is 10.2. The molecule has 0 unspecified atom stereocenters. The largest absolute Gasteiger partial charge is 0.350 e. The van der Waals surface area contributed by atoms with E-state index in [4.69, 9.17) is 0 Å². The Bertz CT molecular complexity index is 1200. The Morgan fingerprint density at radius 2 is 1.97 bits per heavy atom. The fourth-order valence-electron chi connectivity index (χ4n) is 3.55. The maximum atomic E-state index is 12.5. The molecular weight excluding hydrogens is 392 g/mol. The van der Waals surface area contributed by atoms with Crippen molar-refractivity contribution in [1.29, 1.82) is 5.26 Å². The number of amides is 2. The highest BCUT2D eigenvalue weighted by molar-refractivity contribution is 5.97. The van der Waals surface area contributed by atoms with E-state index < -0.39 is 0 Å². The summed E-state index contributed by atoms with van der Waals surface area (Å²) in [5.74, 6) is -0.256. The summed E-state index contributed by atoms with van der Waals surface area (Å²) in [5, 5.41) is 19.2. The summed E-state index contributed by atoms with van der Waals surface area (Å²) < 4.78 is 1.64. The highest BCUT2D eigenvalue weighted by atomic mass is 16.2. The van der Waals surface area contributed by atoms with E-state index in [0.717, 1.165) is 22.5 Å². The van der Waals surface area contributed by atoms with E-state index >= 15 is 0 Å². The number of hydrogen-bond acceptors (Lipinski definition) is 5. The first-order valence-electron chi connectivity index (χ1n) is 10.2. The number of carbonyl (C=O) groups excluding carboxylic acids is 2. The van der Waals surface area contributed by atoms with Crippen LogP contribution in [0.4, 0.5) is 5.69 Å². The van der Waals surface area contributed by atoms with Gasteiger partial charge in [-0.1, -0.05) is 0 Å². The van der Waals surface area contributed by atoms with Crippen LogP contribution in [0.25, 0.3) is 5.65 Å². The van der Waals surface area contributed by atoms with E-state index in [1.807, 2.05) is 34.6 Å². The first kappa shape index (κ1) is 22.0. The molecule has 3 aromatic rings. The van der Waals surface area contributed by atoms with Gasteiger partial charge in [0.1, 0.15) is 11.6 Å². The smallest absolute Gasteiger partial charge is 0.251 e. The number of carbonyl (C=O) groups is 2. The molecule has 160 valence electrons. The number of nitrogens with one attached hydrogen (secondary N) is 2. The van der Waals surface area contributed by atoms with Crippen LogP contribution in [0.15, 0.2) is 24.4 Å². The number of benzene rings is 1. The lowest BCUT2D eigenvalue weighted by atomic mass is 10.1. The summed E-state index contributed by atoms with van der Waals surface area (Å²) in [4.78, 5) is 29.2. The fraction of sp³-hybridized carbons (Fsp3) is 0.348. The molecule has 0 bridgehead atoms. The quantitative estimate of drug-likeness (QED) is 0.638. The standard InChI is InChI=1S/C23H26N6O2/c1-13(2)26-23(31)19-7-6-18(10-14(19)3)28-21(30)9-8-20-15(4)27-22-17(11-24)12-25-29(22)16(20)5/h6-7,10,12-13H,8-9H2,1-5H3,(H,26,31)(H,28,30). The third kappa shape index (κ3) is 4.72. The summed E-state index contributed by atoms with van der Waals surface area (Å²) in [6.07, 6.45) is 2.27. The Labute approximate surface area is 181 Å². The molecule has 0 atom stereocenters. The molecular formula is C23H26N6O2. The minimum atomic E-state index is -0.129. The van der Waals surface area contributed by atoms with Crippen molar-refractivity contribution in [3.63, 3.8) is 0 Å². The maximum absolute atomic E-state index is 12.5. The number of anilines is 1. The van der Waals surface area contributed by atoms with Crippen molar-refractivity contribution in [3.05, 3.63) is 58.0 Å². The molecule has 2 heterocycles. The van der Waals surface area contributed by atoms with Crippen LogP contribution in [0.1, 0.15) is 58.7 Å². The van der Waals surface area contributed by atoms with Gasteiger partial charge >= 0.3 is 0 Å². The maximum Gasteiger partial charge on any atom is 0.251 e. The molecule has 2 amide bonds. The number of rotatable bonds is 6. The second-order valence-electron chi connectivity index (χ2n) is 7.87. The third-order valence-corrected chi connectivity index (χ3v) is 5.11. The van der Waals surface area contributed by atoms with Gasteiger partial charge in [0.05, 0.1) is 6.20 Å². The third-order valence-electron chi connectivity index (χ3n) is 5.11. The van der Waals surface area contributed by atoms with Crippen LogP contribution in [0.2, 0.25) is 0 Å². The zero-order chi connectivity index (χ0) is 22.7. The molecule has 0 saturated heterocycles. The molecule has 8 nitrogen and oxygen atoms in total. The Kier molecular flexibility index (Phi) is 6.35.